The van der Waals surface area contributed by atoms with Gasteiger partial charge in [0.05, 0.1) is 22.9 Å². The largest absolute Gasteiger partial charge is 0.390 e. The quantitative estimate of drug-likeness (QED) is 0.870. The summed E-state index contributed by atoms with van der Waals surface area (Å²) in [6, 6.07) is 6.81. The first-order valence-electron chi connectivity index (χ1n) is 8.46. The maximum absolute atomic E-state index is 11.6. The molecule has 3 rings (SSSR count). The highest BCUT2D eigenvalue weighted by Gasteiger charge is 2.21. The maximum Gasteiger partial charge on any atom is 0.175 e. The van der Waals surface area contributed by atoms with Crippen molar-refractivity contribution >= 4 is 9.84 Å². The Hall–Kier alpha value is -1.66. The predicted molar refractivity (Wildman–Crippen MR) is 93.3 cm³/mol. The SMILES string of the molecule is CS(=O)(=O)c1ccc(-c2n[nH]c(CO)c2CC2CCCCC2)cc1. The number of aliphatic hydroxyl groups excluding tert-OH is 1. The molecule has 5 nitrogen and oxygen atoms in total. The van der Waals surface area contributed by atoms with Crippen molar-refractivity contribution in [2.45, 2.75) is 50.0 Å². The molecule has 0 aliphatic heterocycles. The van der Waals surface area contributed by atoms with Gasteiger partial charge in [-0.1, -0.05) is 44.2 Å². The van der Waals surface area contributed by atoms with E-state index in [1.165, 1.54) is 38.4 Å². The highest BCUT2D eigenvalue weighted by atomic mass is 32.2. The molecule has 0 spiro atoms. The smallest absolute Gasteiger partial charge is 0.175 e. The lowest BCUT2D eigenvalue weighted by Crippen LogP contribution is -2.10. The third-order valence-corrected chi connectivity index (χ3v) is 6.01. The number of benzene rings is 1. The van der Waals surface area contributed by atoms with E-state index in [1.807, 2.05) is 0 Å². The number of hydrogen-bond acceptors (Lipinski definition) is 4. The summed E-state index contributed by atoms with van der Waals surface area (Å²) in [4.78, 5) is 0.304. The average Bonchev–Trinajstić information content (AvgIpc) is 2.98. The van der Waals surface area contributed by atoms with Crippen LogP contribution >= 0.6 is 0 Å². The maximum atomic E-state index is 11.6. The van der Waals surface area contributed by atoms with Gasteiger partial charge in [0, 0.05) is 17.4 Å². The molecule has 1 heterocycles. The van der Waals surface area contributed by atoms with Crippen molar-refractivity contribution in [2.75, 3.05) is 6.26 Å². The molecule has 24 heavy (non-hydrogen) atoms. The zero-order valence-electron chi connectivity index (χ0n) is 14.0. The van der Waals surface area contributed by atoms with E-state index in [0.29, 0.717) is 10.8 Å². The van der Waals surface area contributed by atoms with E-state index in [4.69, 9.17) is 0 Å². The molecule has 1 saturated carbocycles. The van der Waals surface area contributed by atoms with Gasteiger partial charge in [0.2, 0.25) is 0 Å². The fourth-order valence-corrected chi connectivity index (χ4v) is 4.16. The molecule has 130 valence electrons. The number of aliphatic hydroxyl groups is 1. The van der Waals surface area contributed by atoms with Crippen LogP contribution in [0.5, 0.6) is 0 Å². The molecule has 0 radical (unpaired) electrons. The van der Waals surface area contributed by atoms with Crippen LogP contribution in [-0.4, -0.2) is 30.0 Å². The van der Waals surface area contributed by atoms with Crippen LogP contribution in [0.25, 0.3) is 11.3 Å². The summed E-state index contributed by atoms with van der Waals surface area (Å²) in [6.45, 7) is -0.0591. The summed E-state index contributed by atoms with van der Waals surface area (Å²) in [5.41, 5.74) is 3.54. The lowest BCUT2D eigenvalue weighted by Gasteiger charge is -2.21. The lowest BCUT2D eigenvalue weighted by atomic mass is 9.84. The summed E-state index contributed by atoms with van der Waals surface area (Å²) < 4.78 is 23.2. The molecule has 1 aliphatic rings. The van der Waals surface area contributed by atoms with Crippen LogP contribution in [0, 0.1) is 5.92 Å². The number of rotatable bonds is 5. The second kappa shape index (κ2) is 7.07. The van der Waals surface area contributed by atoms with Gasteiger partial charge in [-0.25, -0.2) is 8.42 Å². The van der Waals surface area contributed by atoms with Gasteiger partial charge in [-0.05, 0) is 24.5 Å². The molecule has 1 fully saturated rings. The molecule has 0 atom stereocenters. The van der Waals surface area contributed by atoms with Crippen molar-refractivity contribution in [3.63, 3.8) is 0 Å². The fraction of sp³-hybridized carbons (Fsp3) is 0.500. The normalized spacial score (nSPS) is 16.4. The van der Waals surface area contributed by atoms with Gasteiger partial charge in [0.25, 0.3) is 0 Å². The van der Waals surface area contributed by atoms with Crippen molar-refractivity contribution in [2.24, 2.45) is 5.92 Å². The summed E-state index contributed by atoms with van der Waals surface area (Å²) in [5.74, 6) is 0.635. The number of nitrogens with one attached hydrogen (secondary N) is 1. The summed E-state index contributed by atoms with van der Waals surface area (Å²) in [6.07, 6.45) is 8.43. The lowest BCUT2D eigenvalue weighted by molar-refractivity contribution is 0.273. The molecule has 2 aromatic rings. The molecule has 1 aromatic heterocycles. The van der Waals surface area contributed by atoms with Crippen LogP contribution in [-0.2, 0) is 22.9 Å². The van der Waals surface area contributed by atoms with Crippen molar-refractivity contribution < 1.29 is 13.5 Å². The zero-order valence-corrected chi connectivity index (χ0v) is 14.8. The van der Waals surface area contributed by atoms with Crippen LogP contribution < -0.4 is 0 Å². The van der Waals surface area contributed by atoms with Crippen LogP contribution in [0.15, 0.2) is 29.2 Å². The topological polar surface area (TPSA) is 83.0 Å². The second-order valence-corrected chi connectivity index (χ2v) is 8.71. The predicted octanol–water partition coefficient (Wildman–Crippen LogP) is 3.10. The van der Waals surface area contributed by atoms with Gasteiger partial charge in [-0.3, -0.25) is 5.10 Å². The molecule has 1 aliphatic carbocycles. The highest BCUT2D eigenvalue weighted by molar-refractivity contribution is 7.90. The molecule has 0 bridgehead atoms. The van der Waals surface area contributed by atoms with Crippen LogP contribution in [0.1, 0.15) is 43.4 Å². The van der Waals surface area contributed by atoms with E-state index < -0.39 is 9.84 Å². The van der Waals surface area contributed by atoms with E-state index >= 15 is 0 Å². The molecule has 1 aromatic carbocycles. The number of aromatic amines is 1. The monoisotopic (exact) mass is 348 g/mol. The van der Waals surface area contributed by atoms with Gasteiger partial charge in [0.15, 0.2) is 9.84 Å². The molecule has 0 amide bonds. The highest BCUT2D eigenvalue weighted by Crippen LogP contribution is 2.32. The molecular weight excluding hydrogens is 324 g/mol. The molecule has 6 heteroatoms. The van der Waals surface area contributed by atoms with Crippen LogP contribution in [0.3, 0.4) is 0 Å². The van der Waals surface area contributed by atoms with Crippen molar-refractivity contribution in [1.82, 2.24) is 10.2 Å². The number of sulfone groups is 1. The second-order valence-electron chi connectivity index (χ2n) is 6.69. The summed E-state index contributed by atoms with van der Waals surface area (Å²) in [7, 11) is -3.20. The van der Waals surface area contributed by atoms with Gasteiger partial charge in [-0.2, -0.15) is 5.10 Å². The van der Waals surface area contributed by atoms with E-state index in [2.05, 4.69) is 10.2 Å². The van der Waals surface area contributed by atoms with Crippen molar-refractivity contribution in [3.8, 4) is 11.3 Å². The average molecular weight is 348 g/mol. The minimum Gasteiger partial charge on any atom is -0.390 e. The fourth-order valence-electron chi connectivity index (χ4n) is 3.53. The Balaban J connectivity index is 1.91. The minimum absolute atomic E-state index is 0.0591. The number of aromatic nitrogens is 2. The van der Waals surface area contributed by atoms with Crippen molar-refractivity contribution in [1.29, 1.82) is 0 Å². The molecule has 0 saturated heterocycles. The first-order chi connectivity index (χ1) is 11.5. The van der Waals surface area contributed by atoms with Gasteiger partial charge in [0.1, 0.15) is 0 Å². The first-order valence-corrected chi connectivity index (χ1v) is 10.4. The van der Waals surface area contributed by atoms with Crippen molar-refractivity contribution in [3.05, 3.63) is 35.5 Å². The molecule has 2 N–H and O–H groups in total. The number of hydrogen-bond donors (Lipinski definition) is 2. The Morgan fingerprint density at radius 2 is 1.83 bits per heavy atom. The van der Waals surface area contributed by atoms with E-state index in [0.717, 1.165) is 28.9 Å². The third-order valence-electron chi connectivity index (χ3n) is 4.88. The van der Waals surface area contributed by atoms with Gasteiger partial charge >= 0.3 is 0 Å². The van der Waals surface area contributed by atoms with E-state index in [9.17, 15) is 13.5 Å². The Bertz CT molecular complexity index is 788. The summed E-state index contributed by atoms with van der Waals surface area (Å²) in [5, 5.41) is 16.9. The third kappa shape index (κ3) is 3.70. The first kappa shape index (κ1) is 17.2. The Morgan fingerprint density at radius 1 is 1.17 bits per heavy atom. The van der Waals surface area contributed by atoms with Crippen LogP contribution in [0.2, 0.25) is 0 Å². The molecular formula is C18H24N2O3S. The number of nitrogens with zero attached hydrogens (tertiary/aromatic N) is 1. The van der Waals surface area contributed by atoms with Gasteiger partial charge < -0.3 is 5.11 Å². The Labute approximate surface area is 143 Å². The van der Waals surface area contributed by atoms with Gasteiger partial charge in [-0.15, -0.1) is 0 Å². The molecule has 0 unspecified atom stereocenters. The Morgan fingerprint density at radius 3 is 2.42 bits per heavy atom. The standard InChI is InChI=1S/C18H24N2O3S/c1-24(22,23)15-9-7-14(8-10-15)18-16(17(12-21)19-20-18)11-13-5-3-2-4-6-13/h7-10,13,21H,2-6,11-12H2,1H3,(H,19,20). The zero-order chi connectivity index (χ0) is 17.2. The Kier molecular flexibility index (Phi) is 5.06. The summed E-state index contributed by atoms with van der Waals surface area (Å²) >= 11 is 0. The van der Waals surface area contributed by atoms with E-state index in [1.54, 1.807) is 24.3 Å². The van der Waals surface area contributed by atoms with E-state index in [-0.39, 0.29) is 6.61 Å². The van der Waals surface area contributed by atoms with Crippen LogP contribution in [0.4, 0.5) is 0 Å². The number of H-pyrrole nitrogens is 1. The minimum atomic E-state index is -3.20.